The Hall–Kier alpha value is -1.22. The summed E-state index contributed by atoms with van der Waals surface area (Å²) in [5, 5.41) is 0.105. The van der Waals surface area contributed by atoms with Crippen molar-refractivity contribution in [3.8, 4) is 12.3 Å². The first-order valence-corrected chi connectivity index (χ1v) is 7.24. The minimum Gasteiger partial charge on any atom is -0.399 e. The third kappa shape index (κ3) is 3.16. The van der Waals surface area contributed by atoms with Gasteiger partial charge in [0.1, 0.15) is 4.90 Å². The van der Waals surface area contributed by atoms with Crippen LogP contribution in [0.25, 0.3) is 0 Å². The number of benzene rings is 1. The van der Waals surface area contributed by atoms with E-state index in [1.807, 2.05) is 6.92 Å². The Morgan fingerprint density at radius 3 is 2.67 bits per heavy atom. The van der Waals surface area contributed by atoms with E-state index in [0.717, 1.165) is 0 Å². The fourth-order valence-corrected chi connectivity index (χ4v) is 3.47. The third-order valence-electron chi connectivity index (χ3n) is 2.31. The zero-order chi connectivity index (χ0) is 13.8. The maximum absolute atomic E-state index is 12.3. The minimum atomic E-state index is -3.67. The lowest BCUT2D eigenvalue weighted by molar-refractivity contribution is 0.446. The molecule has 0 aromatic heterocycles. The Morgan fingerprint density at radius 2 is 2.17 bits per heavy atom. The number of nitrogens with two attached hydrogens (primary N) is 1. The molecule has 0 fully saturated rings. The second-order valence-corrected chi connectivity index (χ2v) is 6.05. The molecule has 2 N–H and O–H groups in total. The van der Waals surface area contributed by atoms with Gasteiger partial charge in [-0.2, -0.15) is 4.31 Å². The number of anilines is 1. The summed E-state index contributed by atoms with van der Waals surface area (Å²) < 4.78 is 25.9. The molecule has 0 heterocycles. The number of nitrogen functional groups attached to an aromatic ring is 1. The Morgan fingerprint density at radius 1 is 1.50 bits per heavy atom. The monoisotopic (exact) mass is 286 g/mol. The van der Waals surface area contributed by atoms with E-state index in [0.29, 0.717) is 18.7 Å². The lowest BCUT2D eigenvalue weighted by Crippen LogP contribution is -2.32. The van der Waals surface area contributed by atoms with Crippen molar-refractivity contribution in [2.24, 2.45) is 0 Å². The SMILES string of the molecule is C#CCN(CCC)S(=O)(=O)c1ccc(N)cc1Cl. The van der Waals surface area contributed by atoms with Crippen LogP contribution < -0.4 is 5.73 Å². The summed E-state index contributed by atoms with van der Waals surface area (Å²) in [4.78, 5) is 0.0297. The van der Waals surface area contributed by atoms with Crippen molar-refractivity contribution < 1.29 is 8.42 Å². The summed E-state index contributed by atoms with van der Waals surface area (Å²) in [7, 11) is -3.67. The molecule has 1 aromatic rings. The van der Waals surface area contributed by atoms with Crippen LogP contribution in [0.4, 0.5) is 5.69 Å². The molecule has 1 aromatic carbocycles. The van der Waals surface area contributed by atoms with Gasteiger partial charge in [-0.1, -0.05) is 24.4 Å². The smallest absolute Gasteiger partial charge is 0.245 e. The first-order valence-electron chi connectivity index (χ1n) is 5.42. The molecule has 0 unspecified atom stereocenters. The molecule has 1 rings (SSSR count). The maximum atomic E-state index is 12.3. The normalized spacial score (nSPS) is 11.4. The van der Waals surface area contributed by atoms with E-state index < -0.39 is 10.0 Å². The zero-order valence-corrected chi connectivity index (χ0v) is 11.6. The van der Waals surface area contributed by atoms with Crippen LogP contribution in [-0.2, 0) is 10.0 Å². The van der Waals surface area contributed by atoms with E-state index in [1.54, 1.807) is 0 Å². The fraction of sp³-hybridized carbons (Fsp3) is 0.333. The van der Waals surface area contributed by atoms with Crippen molar-refractivity contribution >= 4 is 27.3 Å². The molecule has 0 bridgehead atoms. The van der Waals surface area contributed by atoms with Crippen molar-refractivity contribution in [1.29, 1.82) is 0 Å². The van der Waals surface area contributed by atoms with Crippen molar-refractivity contribution in [2.75, 3.05) is 18.8 Å². The largest absolute Gasteiger partial charge is 0.399 e. The third-order valence-corrected chi connectivity index (χ3v) is 4.64. The molecule has 98 valence electrons. The van der Waals surface area contributed by atoms with Gasteiger partial charge in [0.25, 0.3) is 0 Å². The Kier molecular flexibility index (Phi) is 5.03. The maximum Gasteiger partial charge on any atom is 0.245 e. The highest BCUT2D eigenvalue weighted by Crippen LogP contribution is 2.26. The molecule has 0 aliphatic carbocycles. The van der Waals surface area contributed by atoms with Crippen LogP contribution in [0.15, 0.2) is 23.1 Å². The Bertz CT molecular complexity index is 564. The van der Waals surface area contributed by atoms with Gasteiger partial charge in [0, 0.05) is 12.2 Å². The van der Waals surface area contributed by atoms with Gasteiger partial charge in [-0.05, 0) is 24.6 Å². The minimum absolute atomic E-state index is 0.0247. The molecule has 0 radical (unpaired) electrons. The van der Waals surface area contributed by atoms with Crippen LogP contribution in [0.5, 0.6) is 0 Å². The molecule has 0 atom stereocenters. The number of sulfonamides is 1. The van der Waals surface area contributed by atoms with Gasteiger partial charge < -0.3 is 5.73 Å². The number of rotatable bonds is 5. The van der Waals surface area contributed by atoms with Gasteiger partial charge in [-0.15, -0.1) is 6.42 Å². The summed E-state index contributed by atoms with van der Waals surface area (Å²) >= 11 is 5.92. The summed E-state index contributed by atoms with van der Waals surface area (Å²) in [6.07, 6.45) is 5.86. The molecule has 4 nitrogen and oxygen atoms in total. The predicted molar refractivity (Wildman–Crippen MR) is 73.7 cm³/mol. The van der Waals surface area contributed by atoms with Gasteiger partial charge in [-0.3, -0.25) is 0 Å². The lowest BCUT2D eigenvalue weighted by atomic mass is 10.3. The number of hydrogen-bond acceptors (Lipinski definition) is 3. The number of halogens is 1. The summed E-state index contributed by atoms with van der Waals surface area (Å²) in [6.45, 7) is 2.26. The van der Waals surface area contributed by atoms with Crippen LogP contribution in [0, 0.1) is 12.3 Å². The first kappa shape index (κ1) is 14.8. The number of terminal acetylenes is 1. The Balaban J connectivity index is 3.22. The molecule has 0 saturated heterocycles. The molecule has 0 aliphatic heterocycles. The predicted octanol–water partition coefficient (Wildman–Crippen LogP) is 1.96. The summed E-state index contributed by atoms with van der Waals surface area (Å²) in [6, 6.07) is 4.30. The molecule has 18 heavy (non-hydrogen) atoms. The van der Waals surface area contributed by atoms with E-state index in [-0.39, 0.29) is 16.5 Å². The number of nitrogens with zero attached hydrogens (tertiary/aromatic N) is 1. The van der Waals surface area contributed by atoms with Crippen LogP contribution in [-0.4, -0.2) is 25.8 Å². The van der Waals surface area contributed by atoms with Crippen molar-refractivity contribution in [3.63, 3.8) is 0 Å². The molecule has 0 saturated carbocycles. The summed E-state index contributed by atoms with van der Waals surface area (Å²) in [5.74, 6) is 2.34. The van der Waals surface area contributed by atoms with Crippen LogP contribution in [0.2, 0.25) is 5.02 Å². The summed E-state index contributed by atoms with van der Waals surface area (Å²) in [5.41, 5.74) is 5.95. The van der Waals surface area contributed by atoms with Crippen LogP contribution in [0.1, 0.15) is 13.3 Å². The van der Waals surface area contributed by atoms with Crippen molar-refractivity contribution in [3.05, 3.63) is 23.2 Å². The van der Waals surface area contributed by atoms with E-state index in [9.17, 15) is 8.42 Å². The van der Waals surface area contributed by atoms with E-state index >= 15 is 0 Å². The quantitative estimate of drug-likeness (QED) is 0.665. The second-order valence-electron chi connectivity index (χ2n) is 3.73. The van der Waals surface area contributed by atoms with E-state index in [2.05, 4.69) is 5.92 Å². The van der Waals surface area contributed by atoms with Gasteiger partial charge >= 0.3 is 0 Å². The van der Waals surface area contributed by atoms with Gasteiger partial charge in [0.2, 0.25) is 10.0 Å². The van der Waals surface area contributed by atoms with Crippen molar-refractivity contribution in [1.82, 2.24) is 4.31 Å². The highest BCUT2D eigenvalue weighted by molar-refractivity contribution is 7.89. The molecule has 0 aliphatic rings. The molecule has 0 amide bonds. The van der Waals surface area contributed by atoms with Gasteiger partial charge in [0.15, 0.2) is 0 Å². The standard InChI is InChI=1S/C12H15ClN2O2S/c1-3-7-15(8-4-2)18(16,17)12-6-5-10(14)9-11(12)13/h1,5-6,9H,4,7-8,14H2,2H3. The van der Waals surface area contributed by atoms with E-state index in [1.165, 1.54) is 22.5 Å². The fourth-order valence-electron chi connectivity index (χ4n) is 1.50. The second kappa shape index (κ2) is 6.10. The molecular formula is C12H15ClN2O2S. The van der Waals surface area contributed by atoms with Crippen molar-refractivity contribution in [2.45, 2.75) is 18.2 Å². The average Bonchev–Trinajstić information content (AvgIpc) is 2.28. The molecule has 6 heteroatoms. The highest BCUT2D eigenvalue weighted by Gasteiger charge is 2.25. The van der Waals surface area contributed by atoms with Crippen LogP contribution in [0.3, 0.4) is 0 Å². The molecular weight excluding hydrogens is 272 g/mol. The van der Waals surface area contributed by atoms with Gasteiger partial charge in [-0.25, -0.2) is 8.42 Å². The van der Waals surface area contributed by atoms with Crippen LogP contribution >= 0.6 is 11.6 Å². The van der Waals surface area contributed by atoms with Gasteiger partial charge in [0.05, 0.1) is 11.6 Å². The zero-order valence-electron chi connectivity index (χ0n) is 10.1. The topological polar surface area (TPSA) is 63.4 Å². The number of hydrogen-bond donors (Lipinski definition) is 1. The Labute approximate surface area is 113 Å². The molecule has 0 spiro atoms. The average molecular weight is 287 g/mol. The highest BCUT2D eigenvalue weighted by atomic mass is 35.5. The van der Waals surface area contributed by atoms with E-state index in [4.69, 9.17) is 23.8 Å². The first-order chi connectivity index (χ1) is 8.43. The lowest BCUT2D eigenvalue weighted by Gasteiger charge is -2.19.